The van der Waals surface area contributed by atoms with Gasteiger partial charge in [0.25, 0.3) is 0 Å². The van der Waals surface area contributed by atoms with Crippen LogP contribution >= 0.6 is 11.6 Å². The zero-order chi connectivity index (χ0) is 15.8. The average Bonchev–Trinajstić information content (AvgIpc) is 2.52. The Bertz CT molecular complexity index is 578. The van der Waals surface area contributed by atoms with Gasteiger partial charge in [0, 0.05) is 23.7 Å². The number of hydrogen-bond donors (Lipinski definition) is 1. The van der Waals surface area contributed by atoms with E-state index >= 15 is 0 Å². The Labute approximate surface area is 130 Å². The number of anilines is 1. The Kier molecular flexibility index (Phi) is 4.28. The van der Waals surface area contributed by atoms with E-state index in [-0.39, 0.29) is 17.2 Å². The second-order valence-electron chi connectivity index (χ2n) is 6.54. The number of hydrogen-bond acceptors (Lipinski definition) is 2. The number of amides is 2. The fourth-order valence-corrected chi connectivity index (χ4v) is 2.64. The van der Waals surface area contributed by atoms with Gasteiger partial charge in [0.15, 0.2) is 0 Å². The first-order chi connectivity index (χ1) is 9.70. The highest BCUT2D eigenvalue weighted by atomic mass is 35.5. The van der Waals surface area contributed by atoms with E-state index in [2.05, 4.69) is 5.32 Å². The summed E-state index contributed by atoms with van der Waals surface area (Å²) in [4.78, 5) is 26.4. The molecule has 0 radical (unpaired) electrons. The number of carbonyl (C=O) groups is 2. The summed E-state index contributed by atoms with van der Waals surface area (Å²) in [5, 5.41) is 3.42. The fourth-order valence-electron chi connectivity index (χ4n) is 2.47. The van der Waals surface area contributed by atoms with Crippen molar-refractivity contribution in [3.05, 3.63) is 28.8 Å². The van der Waals surface area contributed by atoms with Crippen molar-refractivity contribution in [3.8, 4) is 0 Å². The first kappa shape index (κ1) is 15.8. The second kappa shape index (κ2) is 5.68. The highest BCUT2D eigenvalue weighted by molar-refractivity contribution is 6.31. The molecule has 1 atom stereocenters. The summed E-state index contributed by atoms with van der Waals surface area (Å²) in [6.45, 7) is 8.15. The highest BCUT2D eigenvalue weighted by Gasteiger charge is 2.38. The molecule has 1 fully saturated rings. The number of nitrogens with one attached hydrogen (secondary N) is 1. The summed E-state index contributed by atoms with van der Waals surface area (Å²) in [5.74, 6) is -0.177. The van der Waals surface area contributed by atoms with Crippen LogP contribution < -0.4 is 10.2 Å². The lowest BCUT2D eigenvalue weighted by Gasteiger charge is -2.32. The van der Waals surface area contributed by atoms with Crippen LogP contribution in [0.15, 0.2) is 18.2 Å². The van der Waals surface area contributed by atoms with Crippen molar-refractivity contribution in [2.24, 2.45) is 5.41 Å². The third kappa shape index (κ3) is 3.38. The first-order valence-corrected chi connectivity index (χ1v) is 7.45. The third-order valence-corrected chi connectivity index (χ3v) is 3.94. The Morgan fingerprint density at radius 2 is 1.95 bits per heavy atom. The molecule has 1 aliphatic heterocycles. The van der Waals surface area contributed by atoms with E-state index < -0.39 is 6.04 Å². The van der Waals surface area contributed by atoms with Crippen molar-refractivity contribution >= 4 is 29.1 Å². The molecule has 2 rings (SSSR count). The van der Waals surface area contributed by atoms with E-state index in [1.807, 2.05) is 33.8 Å². The zero-order valence-electron chi connectivity index (χ0n) is 12.9. The summed E-state index contributed by atoms with van der Waals surface area (Å²) in [7, 11) is 0. The Morgan fingerprint density at radius 3 is 2.57 bits per heavy atom. The molecule has 21 heavy (non-hydrogen) atoms. The minimum absolute atomic E-state index is 0.0845. The van der Waals surface area contributed by atoms with Gasteiger partial charge in [-0.05, 0) is 30.0 Å². The molecule has 5 heteroatoms. The molecular formula is C16H21ClN2O2. The molecule has 2 amide bonds. The van der Waals surface area contributed by atoms with E-state index in [9.17, 15) is 9.59 Å². The second-order valence-corrected chi connectivity index (χ2v) is 6.97. The number of rotatable bonds is 1. The Hall–Kier alpha value is -1.55. The van der Waals surface area contributed by atoms with Crippen molar-refractivity contribution < 1.29 is 9.59 Å². The molecule has 1 N–H and O–H groups in total. The van der Waals surface area contributed by atoms with Gasteiger partial charge in [-0.1, -0.05) is 38.4 Å². The molecule has 1 aromatic rings. The predicted molar refractivity (Wildman–Crippen MR) is 84.5 cm³/mol. The van der Waals surface area contributed by atoms with Crippen LogP contribution in [-0.2, 0) is 9.59 Å². The maximum atomic E-state index is 12.9. The zero-order valence-corrected chi connectivity index (χ0v) is 13.6. The van der Waals surface area contributed by atoms with E-state index in [1.165, 1.54) is 0 Å². The van der Waals surface area contributed by atoms with Crippen molar-refractivity contribution in [1.29, 1.82) is 0 Å². The first-order valence-electron chi connectivity index (χ1n) is 7.07. The SMILES string of the molecule is Cc1ccc(Cl)cc1N1CCC(=O)NC(C(C)(C)C)C1=O. The summed E-state index contributed by atoms with van der Waals surface area (Å²) in [5.41, 5.74) is 1.40. The number of aryl methyl sites for hydroxylation is 1. The largest absolute Gasteiger partial charge is 0.344 e. The van der Waals surface area contributed by atoms with Crippen molar-refractivity contribution in [1.82, 2.24) is 5.32 Å². The lowest BCUT2D eigenvalue weighted by atomic mass is 9.86. The molecule has 4 nitrogen and oxygen atoms in total. The van der Waals surface area contributed by atoms with Crippen molar-refractivity contribution in [2.75, 3.05) is 11.4 Å². The molecule has 1 unspecified atom stereocenters. The van der Waals surface area contributed by atoms with Crippen LogP contribution in [0.3, 0.4) is 0 Å². The van der Waals surface area contributed by atoms with Gasteiger partial charge < -0.3 is 10.2 Å². The van der Waals surface area contributed by atoms with Gasteiger partial charge >= 0.3 is 0 Å². The molecule has 1 saturated heterocycles. The molecule has 0 saturated carbocycles. The van der Waals surface area contributed by atoms with E-state index in [0.717, 1.165) is 11.3 Å². The topological polar surface area (TPSA) is 49.4 Å². The standard InChI is InChI=1S/C16H21ClN2O2/c1-10-5-6-11(17)9-12(10)19-8-7-13(20)18-14(15(19)21)16(2,3)4/h5-6,9,14H,7-8H2,1-4H3,(H,18,20). The molecule has 0 aromatic heterocycles. The van der Waals surface area contributed by atoms with Crippen LogP contribution in [0.4, 0.5) is 5.69 Å². The van der Waals surface area contributed by atoms with Gasteiger partial charge in [-0.15, -0.1) is 0 Å². The number of carbonyl (C=O) groups excluding carboxylic acids is 2. The summed E-state index contributed by atoms with van der Waals surface area (Å²) >= 11 is 6.06. The molecular weight excluding hydrogens is 288 g/mol. The van der Waals surface area contributed by atoms with Gasteiger partial charge in [-0.2, -0.15) is 0 Å². The lowest BCUT2D eigenvalue weighted by Crippen LogP contribution is -2.52. The fraction of sp³-hybridized carbons (Fsp3) is 0.500. The molecule has 1 heterocycles. The minimum Gasteiger partial charge on any atom is -0.344 e. The van der Waals surface area contributed by atoms with E-state index in [1.54, 1.807) is 17.0 Å². The van der Waals surface area contributed by atoms with Crippen LogP contribution in [0.2, 0.25) is 5.02 Å². The summed E-state index contributed by atoms with van der Waals surface area (Å²) in [6, 6.07) is 4.93. The van der Waals surface area contributed by atoms with Gasteiger partial charge in [0.2, 0.25) is 11.8 Å². The van der Waals surface area contributed by atoms with Crippen LogP contribution in [0.1, 0.15) is 32.8 Å². The molecule has 0 spiro atoms. The van der Waals surface area contributed by atoms with Gasteiger partial charge in [-0.25, -0.2) is 0 Å². The third-order valence-electron chi connectivity index (χ3n) is 3.71. The van der Waals surface area contributed by atoms with Crippen LogP contribution in [0, 0.1) is 12.3 Å². The lowest BCUT2D eigenvalue weighted by molar-refractivity contribution is -0.127. The maximum absolute atomic E-state index is 12.9. The van der Waals surface area contributed by atoms with Gasteiger partial charge in [-0.3, -0.25) is 9.59 Å². The monoisotopic (exact) mass is 308 g/mol. The highest BCUT2D eigenvalue weighted by Crippen LogP contribution is 2.29. The maximum Gasteiger partial charge on any atom is 0.250 e. The summed E-state index contributed by atoms with van der Waals surface area (Å²) in [6.07, 6.45) is 0.296. The molecule has 0 aliphatic carbocycles. The van der Waals surface area contributed by atoms with Crippen LogP contribution in [0.5, 0.6) is 0 Å². The Morgan fingerprint density at radius 1 is 1.29 bits per heavy atom. The van der Waals surface area contributed by atoms with Crippen molar-refractivity contribution in [3.63, 3.8) is 0 Å². The number of halogens is 1. The van der Waals surface area contributed by atoms with Crippen molar-refractivity contribution in [2.45, 2.75) is 40.2 Å². The molecule has 1 aromatic carbocycles. The average molecular weight is 309 g/mol. The van der Waals surface area contributed by atoms with E-state index in [0.29, 0.717) is 18.0 Å². The van der Waals surface area contributed by atoms with Crippen LogP contribution in [-0.4, -0.2) is 24.4 Å². The van der Waals surface area contributed by atoms with E-state index in [4.69, 9.17) is 11.6 Å². The minimum atomic E-state index is -0.536. The molecule has 0 bridgehead atoms. The molecule has 1 aliphatic rings. The molecule has 114 valence electrons. The normalized spacial score (nSPS) is 20.2. The summed E-state index contributed by atoms with van der Waals surface area (Å²) < 4.78 is 0. The number of benzene rings is 1. The number of nitrogens with zero attached hydrogens (tertiary/aromatic N) is 1. The smallest absolute Gasteiger partial charge is 0.250 e. The predicted octanol–water partition coefficient (Wildman–Crippen LogP) is 2.92. The Balaban J connectivity index is 2.45. The van der Waals surface area contributed by atoms with Gasteiger partial charge in [0.05, 0.1) is 0 Å². The van der Waals surface area contributed by atoms with Crippen LogP contribution in [0.25, 0.3) is 0 Å². The van der Waals surface area contributed by atoms with Gasteiger partial charge in [0.1, 0.15) is 6.04 Å². The quantitative estimate of drug-likeness (QED) is 0.867.